The van der Waals surface area contributed by atoms with Crippen LogP contribution in [0.25, 0.3) is 0 Å². The highest BCUT2D eigenvalue weighted by Gasteiger charge is 2.29. The van der Waals surface area contributed by atoms with Gasteiger partial charge in [0.05, 0.1) is 20.0 Å². The quantitative estimate of drug-likeness (QED) is 0.196. The van der Waals surface area contributed by atoms with Gasteiger partial charge in [-0.2, -0.15) is 0 Å². The van der Waals surface area contributed by atoms with Crippen molar-refractivity contribution in [1.82, 2.24) is 16.0 Å². The van der Waals surface area contributed by atoms with Gasteiger partial charge in [-0.25, -0.2) is 0 Å². The van der Waals surface area contributed by atoms with Crippen LogP contribution in [-0.2, 0) is 32.1 Å². The number of phenolic OH excluding ortho intramolecular Hbond substituents is 1. The number of hydrogen-bond donors (Lipinski definition) is 5. The molecule has 0 fully saturated rings. The zero-order valence-electron chi connectivity index (χ0n) is 23.8. The Hall–Kier alpha value is -5.06. The topological polar surface area (TPSA) is 169 Å². The third kappa shape index (κ3) is 9.54. The zero-order valence-corrected chi connectivity index (χ0v) is 23.8. The molecule has 0 heterocycles. The number of para-hydroxylation sites is 1. The van der Waals surface area contributed by atoms with Crippen LogP contribution in [0, 0.1) is 5.92 Å². The number of primary amides is 1. The van der Waals surface area contributed by atoms with Crippen molar-refractivity contribution in [3.8, 4) is 23.0 Å². The number of phenols is 1. The van der Waals surface area contributed by atoms with Crippen molar-refractivity contribution in [3.05, 3.63) is 83.9 Å². The molecular formula is C31H36N4O7. The number of nitrogens with two attached hydrogens (primary N) is 1. The molecule has 3 aromatic carbocycles. The van der Waals surface area contributed by atoms with Crippen molar-refractivity contribution in [1.29, 1.82) is 0 Å². The van der Waals surface area contributed by atoms with Gasteiger partial charge in [0.2, 0.25) is 23.6 Å². The van der Waals surface area contributed by atoms with Gasteiger partial charge in [-0.05, 0) is 47.9 Å². The number of carbonyl (C=O) groups is 4. The summed E-state index contributed by atoms with van der Waals surface area (Å²) >= 11 is 0. The van der Waals surface area contributed by atoms with Crippen LogP contribution in [0.3, 0.4) is 0 Å². The van der Waals surface area contributed by atoms with E-state index in [1.807, 2.05) is 18.2 Å². The van der Waals surface area contributed by atoms with Gasteiger partial charge in [-0.1, -0.05) is 44.2 Å². The van der Waals surface area contributed by atoms with Crippen molar-refractivity contribution >= 4 is 23.6 Å². The number of ether oxygens (including phenoxy) is 2. The molecule has 0 aromatic heterocycles. The van der Waals surface area contributed by atoms with E-state index in [9.17, 15) is 24.3 Å². The molecule has 0 aliphatic carbocycles. The molecule has 0 spiro atoms. The predicted octanol–water partition coefficient (Wildman–Crippen LogP) is 2.55. The van der Waals surface area contributed by atoms with E-state index in [0.29, 0.717) is 28.4 Å². The summed E-state index contributed by atoms with van der Waals surface area (Å²) < 4.78 is 10.9. The largest absolute Gasteiger partial charge is 0.507 e. The molecule has 222 valence electrons. The summed E-state index contributed by atoms with van der Waals surface area (Å²) in [6.45, 7) is 3.48. The van der Waals surface area contributed by atoms with Gasteiger partial charge >= 0.3 is 0 Å². The predicted molar refractivity (Wildman–Crippen MR) is 156 cm³/mol. The first-order valence-electron chi connectivity index (χ1n) is 13.4. The minimum atomic E-state index is -1.29. The lowest BCUT2D eigenvalue weighted by Crippen LogP contribution is -2.56. The van der Waals surface area contributed by atoms with E-state index < -0.39 is 42.1 Å². The number of rotatable bonds is 14. The third-order valence-corrected chi connectivity index (χ3v) is 6.29. The lowest BCUT2D eigenvalue weighted by atomic mass is 10.0. The molecule has 42 heavy (non-hydrogen) atoms. The molecule has 0 saturated carbocycles. The molecule has 4 amide bonds. The lowest BCUT2D eigenvalue weighted by Gasteiger charge is -2.25. The summed E-state index contributed by atoms with van der Waals surface area (Å²) in [6, 6.07) is 18.5. The first kappa shape index (κ1) is 31.5. The zero-order chi connectivity index (χ0) is 30.6. The Morgan fingerprint density at radius 2 is 1.57 bits per heavy atom. The second-order valence-corrected chi connectivity index (χ2v) is 9.97. The molecule has 11 nitrogen and oxygen atoms in total. The van der Waals surface area contributed by atoms with Crippen LogP contribution in [0.1, 0.15) is 31.4 Å². The van der Waals surface area contributed by atoms with Crippen molar-refractivity contribution in [2.45, 2.75) is 45.3 Å². The number of methoxy groups -OCH3 is 1. The Labute approximate surface area is 244 Å². The number of amides is 4. The van der Waals surface area contributed by atoms with Gasteiger partial charge in [-0.15, -0.1) is 0 Å². The highest BCUT2D eigenvalue weighted by Crippen LogP contribution is 2.24. The van der Waals surface area contributed by atoms with Crippen molar-refractivity contribution in [3.63, 3.8) is 0 Å². The van der Waals surface area contributed by atoms with Crippen LogP contribution >= 0.6 is 0 Å². The first-order chi connectivity index (χ1) is 20.0. The van der Waals surface area contributed by atoms with Crippen molar-refractivity contribution in [2.24, 2.45) is 11.7 Å². The van der Waals surface area contributed by atoms with E-state index in [1.165, 1.54) is 13.2 Å². The molecule has 3 aromatic rings. The monoisotopic (exact) mass is 576 g/mol. The van der Waals surface area contributed by atoms with Crippen LogP contribution in [0.5, 0.6) is 23.0 Å². The Kier molecular flexibility index (Phi) is 11.3. The van der Waals surface area contributed by atoms with E-state index in [-0.39, 0.29) is 24.6 Å². The molecule has 0 saturated heterocycles. The maximum Gasteiger partial charge on any atom is 0.243 e. The van der Waals surface area contributed by atoms with Gasteiger partial charge in [0.25, 0.3) is 0 Å². The molecule has 3 rings (SSSR count). The minimum Gasteiger partial charge on any atom is -0.507 e. The second-order valence-electron chi connectivity index (χ2n) is 9.97. The SMILES string of the molecule is COc1ccc(CNC(=O)[C@@H](NC(=O)[C@H](CC(N)=O)NC(=O)Cc2cccc(Oc3ccccc3)c2)C(C)C)c(O)c1. The number of aromatic hydroxyl groups is 1. The minimum absolute atomic E-state index is 0.00223. The molecule has 0 aliphatic heterocycles. The molecular weight excluding hydrogens is 540 g/mol. The Balaban J connectivity index is 1.63. The van der Waals surface area contributed by atoms with Gasteiger partial charge in [0, 0.05) is 18.2 Å². The highest BCUT2D eigenvalue weighted by molar-refractivity contribution is 5.95. The second kappa shape index (κ2) is 15.1. The molecule has 0 aliphatic rings. The van der Waals surface area contributed by atoms with Gasteiger partial charge in [-0.3, -0.25) is 19.2 Å². The fourth-order valence-corrected chi connectivity index (χ4v) is 4.09. The Bertz CT molecular complexity index is 1400. The number of benzene rings is 3. The fraction of sp³-hybridized carbons (Fsp3) is 0.290. The van der Waals surface area contributed by atoms with E-state index in [4.69, 9.17) is 15.2 Å². The number of hydrogen-bond acceptors (Lipinski definition) is 7. The fourth-order valence-electron chi connectivity index (χ4n) is 4.09. The molecule has 0 bridgehead atoms. The molecule has 6 N–H and O–H groups in total. The van der Waals surface area contributed by atoms with Crippen LogP contribution in [-0.4, -0.2) is 47.9 Å². The molecule has 11 heteroatoms. The maximum atomic E-state index is 13.2. The number of nitrogens with one attached hydrogen (secondary N) is 3. The van der Waals surface area contributed by atoms with Crippen molar-refractivity contribution < 1.29 is 33.8 Å². The summed E-state index contributed by atoms with van der Waals surface area (Å²) in [5.41, 5.74) is 6.43. The smallest absolute Gasteiger partial charge is 0.243 e. The van der Waals surface area contributed by atoms with E-state index in [1.54, 1.807) is 62.4 Å². The summed E-state index contributed by atoms with van der Waals surface area (Å²) in [7, 11) is 1.47. The van der Waals surface area contributed by atoms with Crippen LogP contribution in [0.15, 0.2) is 72.8 Å². The summed E-state index contributed by atoms with van der Waals surface area (Å²) in [4.78, 5) is 50.7. The highest BCUT2D eigenvalue weighted by atomic mass is 16.5. The third-order valence-electron chi connectivity index (χ3n) is 6.29. The standard InChI is InChI=1S/C31H36N4O7/c1-19(2)29(31(40)33-18-21-12-13-23(41-3)16-26(21)36)35-30(39)25(17-27(32)37)34-28(38)15-20-8-7-11-24(14-20)42-22-9-5-4-6-10-22/h4-14,16,19,25,29,36H,15,17-18H2,1-3H3,(H2,32,37)(H,33,40)(H,34,38)(H,35,39)/t25-,29-/m0/s1. The average Bonchev–Trinajstić information content (AvgIpc) is 2.94. The Morgan fingerprint density at radius 3 is 2.21 bits per heavy atom. The van der Waals surface area contributed by atoms with E-state index >= 15 is 0 Å². The summed E-state index contributed by atoms with van der Waals surface area (Å²) in [5.74, 6) is -1.31. The summed E-state index contributed by atoms with van der Waals surface area (Å²) in [5, 5.41) is 18.0. The van der Waals surface area contributed by atoms with Crippen LogP contribution < -0.4 is 31.2 Å². The normalized spacial score (nSPS) is 12.1. The van der Waals surface area contributed by atoms with E-state index in [0.717, 1.165) is 0 Å². The van der Waals surface area contributed by atoms with Crippen LogP contribution in [0.2, 0.25) is 0 Å². The average molecular weight is 577 g/mol. The summed E-state index contributed by atoms with van der Waals surface area (Å²) in [6.07, 6.45) is -0.547. The number of carbonyl (C=O) groups excluding carboxylic acids is 4. The van der Waals surface area contributed by atoms with Gasteiger partial charge in [0.15, 0.2) is 0 Å². The molecule has 0 unspecified atom stereocenters. The maximum absolute atomic E-state index is 13.2. The first-order valence-corrected chi connectivity index (χ1v) is 13.4. The lowest BCUT2D eigenvalue weighted by molar-refractivity contribution is -0.134. The van der Waals surface area contributed by atoms with Crippen molar-refractivity contribution in [2.75, 3.05) is 7.11 Å². The van der Waals surface area contributed by atoms with Gasteiger partial charge in [0.1, 0.15) is 35.1 Å². The van der Waals surface area contributed by atoms with E-state index in [2.05, 4.69) is 16.0 Å². The van der Waals surface area contributed by atoms with Crippen LogP contribution in [0.4, 0.5) is 0 Å². The Morgan fingerprint density at radius 1 is 0.857 bits per heavy atom. The molecule has 2 atom stereocenters. The van der Waals surface area contributed by atoms with Gasteiger partial charge < -0.3 is 36.3 Å². The molecule has 0 radical (unpaired) electrons.